The second kappa shape index (κ2) is 9.07. The van der Waals surface area contributed by atoms with Gasteiger partial charge in [0.25, 0.3) is 0 Å². The lowest BCUT2D eigenvalue weighted by atomic mass is 10.1. The molecule has 0 bridgehead atoms. The largest absolute Gasteiger partial charge is 0.481 e. The predicted molar refractivity (Wildman–Crippen MR) is 79.7 cm³/mol. The van der Waals surface area contributed by atoms with E-state index in [0.29, 0.717) is 6.54 Å². The third-order valence-corrected chi connectivity index (χ3v) is 3.97. The molecule has 0 aliphatic rings. The van der Waals surface area contributed by atoms with Crippen LogP contribution < -0.4 is 0 Å². The molecule has 0 aromatic rings. The van der Waals surface area contributed by atoms with E-state index < -0.39 is 11.9 Å². The molecule has 0 saturated heterocycles. The highest BCUT2D eigenvalue weighted by Gasteiger charge is 2.25. The average molecular weight is 290 g/mol. The molecule has 0 fully saturated rings. The fourth-order valence-electron chi connectivity index (χ4n) is 1.83. The van der Waals surface area contributed by atoms with Crippen LogP contribution in [0.3, 0.4) is 0 Å². The van der Waals surface area contributed by atoms with Crippen LogP contribution in [0.25, 0.3) is 0 Å². The third-order valence-electron chi connectivity index (χ3n) is 3.25. The maximum atomic E-state index is 12.4. The maximum Gasteiger partial charge on any atom is 0.320 e. The van der Waals surface area contributed by atoms with Crippen LogP contribution in [0, 0.1) is 5.92 Å². The molecule has 112 valence electrons. The molecular formula is C13H26N2O3S. The van der Waals surface area contributed by atoms with E-state index in [1.165, 1.54) is 0 Å². The zero-order valence-corrected chi connectivity index (χ0v) is 13.4. The van der Waals surface area contributed by atoms with E-state index in [-0.39, 0.29) is 18.6 Å². The van der Waals surface area contributed by atoms with Crippen molar-refractivity contribution in [2.45, 2.75) is 33.2 Å². The number of nitrogens with zero attached hydrogens (tertiary/aromatic N) is 2. The van der Waals surface area contributed by atoms with Crippen LogP contribution in [0.15, 0.2) is 0 Å². The van der Waals surface area contributed by atoms with Gasteiger partial charge in [-0.15, -0.1) is 0 Å². The molecular weight excluding hydrogens is 264 g/mol. The number of hydrogen-bond acceptors (Lipinski definition) is 3. The Morgan fingerprint density at radius 3 is 2.26 bits per heavy atom. The van der Waals surface area contributed by atoms with Crippen LogP contribution in [0.1, 0.15) is 27.2 Å². The molecule has 6 heteroatoms. The van der Waals surface area contributed by atoms with Gasteiger partial charge in [0, 0.05) is 31.9 Å². The van der Waals surface area contributed by atoms with Crippen molar-refractivity contribution < 1.29 is 14.7 Å². The summed E-state index contributed by atoms with van der Waals surface area (Å²) in [4.78, 5) is 26.6. The lowest BCUT2D eigenvalue weighted by Gasteiger charge is -2.33. The highest BCUT2D eigenvalue weighted by atomic mass is 32.2. The molecule has 19 heavy (non-hydrogen) atoms. The maximum absolute atomic E-state index is 12.4. The van der Waals surface area contributed by atoms with Gasteiger partial charge in [-0.25, -0.2) is 4.79 Å². The van der Waals surface area contributed by atoms with Gasteiger partial charge >= 0.3 is 12.0 Å². The monoisotopic (exact) mass is 290 g/mol. The summed E-state index contributed by atoms with van der Waals surface area (Å²) in [6, 6.07) is 0.105. The summed E-state index contributed by atoms with van der Waals surface area (Å²) in [6.07, 6.45) is 2.92. The highest BCUT2D eigenvalue weighted by Crippen LogP contribution is 2.12. The van der Waals surface area contributed by atoms with Crippen molar-refractivity contribution in [1.29, 1.82) is 0 Å². The third kappa shape index (κ3) is 5.72. The van der Waals surface area contributed by atoms with Crippen LogP contribution in [0.4, 0.5) is 4.79 Å². The van der Waals surface area contributed by atoms with Gasteiger partial charge in [0.2, 0.25) is 0 Å². The molecule has 0 aliphatic heterocycles. The van der Waals surface area contributed by atoms with Gasteiger partial charge in [-0.1, -0.05) is 13.8 Å². The minimum Gasteiger partial charge on any atom is -0.481 e. The van der Waals surface area contributed by atoms with Gasteiger partial charge in [-0.3, -0.25) is 4.79 Å². The molecule has 0 aromatic carbocycles. The van der Waals surface area contributed by atoms with Crippen molar-refractivity contribution in [3.05, 3.63) is 0 Å². The number of carboxylic acids is 1. The van der Waals surface area contributed by atoms with Crippen LogP contribution in [-0.4, -0.2) is 65.1 Å². The number of rotatable bonds is 8. The lowest BCUT2D eigenvalue weighted by Crippen LogP contribution is -2.48. The Bertz CT molecular complexity index is 300. The van der Waals surface area contributed by atoms with E-state index in [4.69, 9.17) is 5.11 Å². The average Bonchev–Trinajstić information content (AvgIpc) is 2.39. The molecule has 0 spiro atoms. The summed E-state index contributed by atoms with van der Waals surface area (Å²) >= 11 is 1.71. The first-order valence-electron chi connectivity index (χ1n) is 6.62. The number of carbonyl (C=O) groups excluding carboxylic acids is 1. The molecule has 2 atom stereocenters. The second-order valence-corrected chi connectivity index (χ2v) is 5.60. The van der Waals surface area contributed by atoms with Gasteiger partial charge in [-0.2, -0.15) is 11.8 Å². The number of thioether (sulfide) groups is 1. The Morgan fingerprint density at radius 2 is 1.89 bits per heavy atom. The number of amides is 2. The Balaban J connectivity index is 4.68. The quantitative estimate of drug-likeness (QED) is 0.744. The van der Waals surface area contributed by atoms with Crippen molar-refractivity contribution in [1.82, 2.24) is 9.80 Å². The van der Waals surface area contributed by atoms with Gasteiger partial charge in [0.05, 0.1) is 5.92 Å². The van der Waals surface area contributed by atoms with E-state index in [1.54, 1.807) is 35.5 Å². The van der Waals surface area contributed by atoms with Crippen LogP contribution in [0.2, 0.25) is 0 Å². The van der Waals surface area contributed by atoms with Crippen molar-refractivity contribution in [3.8, 4) is 0 Å². The van der Waals surface area contributed by atoms with Gasteiger partial charge < -0.3 is 14.9 Å². The van der Waals surface area contributed by atoms with Crippen molar-refractivity contribution >= 4 is 23.8 Å². The molecule has 0 aromatic heterocycles. The smallest absolute Gasteiger partial charge is 0.320 e. The predicted octanol–water partition coefficient (Wildman–Crippen LogP) is 2.22. The van der Waals surface area contributed by atoms with Crippen LogP contribution in [0.5, 0.6) is 0 Å². The van der Waals surface area contributed by atoms with E-state index in [0.717, 1.165) is 12.2 Å². The number of urea groups is 1. The first-order chi connectivity index (χ1) is 8.88. The minimum atomic E-state index is -0.870. The Kier molecular flexibility index (Phi) is 8.63. The highest BCUT2D eigenvalue weighted by molar-refractivity contribution is 7.98. The molecule has 0 aliphatic carbocycles. The molecule has 1 N–H and O–H groups in total. The summed E-state index contributed by atoms with van der Waals surface area (Å²) in [5.41, 5.74) is 0. The summed E-state index contributed by atoms with van der Waals surface area (Å²) < 4.78 is 0. The van der Waals surface area contributed by atoms with E-state index in [1.807, 2.05) is 13.2 Å². The molecule has 0 saturated carbocycles. The van der Waals surface area contributed by atoms with E-state index in [2.05, 4.69) is 6.92 Å². The Hall–Kier alpha value is -0.910. The normalized spacial score (nSPS) is 13.7. The Morgan fingerprint density at radius 1 is 1.32 bits per heavy atom. The van der Waals surface area contributed by atoms with E-state index in [9.17, 15) is 9.59 Å². The fraction of sp³-hybridized carbons (Fsp3) is 0.846. The standard InChI is InChI=1S/C13H26N2O3S/c1-6-11(9-19-5)14(4)13(18)15(7-2)8-10(3)12(16)17/h10-11H,6-9H2,1-5H3,(H,16,17). The zero-order valence-electron chi connectivity index (χ0n) is 12.5. The minimum absolute atomic E-state index is 0.0866. The van der Waals surface area contributed by atoms with E-state index >= 15 is 0 Å². The first kappa shape index (κ1) is 18.1. The summed E-state index contributed by atoms with van der Waals surface area (Å²) in [5.74, 6) is -0.520. The number of carbonyl (C=O) groups is 2. The number of hydrogen-bond donors (Lipinski definition) is 1. The first-order valence-corrected chi connectivity index (χ1v) is 8.01. The molecule has 0 heterocycles. The fourth-order valence-corrected chi connectivity index (χ4v) is 2.67. The number of aliphatic carboxylic acids is 1. The van der Waals surface area contributed by atoms with Gasteiger partial charge in [0.1, 0.15) is 0 Å². The summed E-state index contributed by atoms with van der Waals surface area (Å²) in [7, 11) is 1.79. The molecule has 2 amide bonds. The van der Waals surface area contributed by atoms with Gasteiger partial charge in [-0.05, 0) is 19.6 Å². The molecule has 0 radical (unpaired) electrons. The van der Waals surface area contributed by atoms with Gasteiger partial charge in [0.15, 0.2) is 0 Å². The number of carboxylic acid groups (broad SMARTS) is 1. The van der Waals surface area contributed by atoms with Crippen LogP contribution >= 0.6 is 11.8 Å². The summed E-state index contributed by atoms with van der Waals surface area (Å²) in [6.45, 7) is 6.33. The second-order valence-electron chi connectivity index (χ2n) is 4.69. The summed E-state index contributed by atoms with van der Waals surface area (Å²) in [5, 5.41) is 8.93. The Labute approximate surface area is 120 Å². The molecule has 0 rings (SSSR count). The molecule has 2 unspecified atom stereocenters. The topological polar surface area (TPSA) is 60.9 Å². The van der Waals surface area contributed by atoms with Crippen molar-refractivity contribution in [2.75, 3.05) is 32.1 Å². The van der Waals surface area contributed by atoms with Crippen LogP contribution in [-0.2, 0) is 4.79 Å². The SMILES string of the molecule is CCC(CSC)N(C)C(=O)N(CC)CC(C)C(=O)O. The van der Waals surface area contributed by atoms with Crippen molar-refractivity contribution in [3.63, 3.8) is 0 Å². The zero-order chi connectivity index (χ0) is 15.0. The molecule has 5 nitrogen and oxygen atoms in total. The van der Waals surface area contributed by atoms with Crippen molar-refractivity contribution in [2.24, 2.45) is 5.92 Å². The lowest BCUT2D eigenvalue weighted by molar-refractivity contribution is -0.141.